The van der Waals surface area contributed by atoms with Crippen LogP contribution >= 0.6 is 11.3 Å². The van der Waals surface area contributed by atoms with E-state index in [2.05, 4.69) is 20.7 Å². The van der Waals surface area contributed by atoms with E-state index in [-0.39, 0.29) is 0 Å². The fraction of sp³-hybridized carbons (Fsp3) is 0.636. The molecule has 0 bridgehead atoms. The van der Waals surface area contributed by atoms with E-state index in [4.69, 9.17) is 5.73 Å². The molecule has 0 amide bonds. The number of rotatable bonds is 5. The lowest BCUT2D eigenvalue weighted by molar-refractivity contribution is 0.719. The van der Waals surface area contributed by atoms with Gasteiger partial charge in [0.15, 0.2) is 5.96 Å². The summed E-state index contributed by atoms with van der Waals surface area (Å²) in [6.45, 7) is 6.86. The van der Waals surface area contributed by atoms with Crippen LogP contribution in [0.5, 0.6) is 0 Å². The van der Waals surface area contributed by atoms with Crippen LogP contribution in [-0.4, -0.2) is 23.5 Å². The van der Waals surface area contributed by atoms with Gasteiger partial charge in [0.1, 0.15) is 0 Å². The van der Waals surface area contributed by atoms with Gasteiger partial charge in [0.05, 0.1) is 5.01 Å². The van der Waals surface area contributed by atoms with E-state index in [0.29, 0.717) is 12.0 Å². The van der Waals surface area contributed by atoms with E-state index >= 15 is 0 Å². The maximum atomic E-state index is 5.68. The maximum absolute atomic E-state index is 5.68. The number of hydrogen-bond acceptors (Lipinski definition) is 3. The highest BCUT2D eigenvalue weighted by atomic mass is 32.1. The monoisotopic (exact) mass is 240 g/mol. The van der Waals surface area contributed by atoms with E-state index in [1.807, 2.05) is 20.8 Å². The third-order valence-corrected chi connectivity index (χ3v) is 2.96. The largest absolute Gasteiger partial charge is 0.370 e. The van der Waals surface area contributed by atoms with Crippen molar-refractivity contribution in [2.24, 2.45) is 10.7 Å². The lowest BCUT2D eigenvalue weighted by Crippen LogP contribution is -2.36. The van der Waals surface area contributed by atoms with Gasteiger partial charge in [-0.25, -0.2) is 4.98 Å². The van der Waals surface area contributed by atoms with Gasteiger partial charge in [0.25, 0.3) is 0 Å². The number of aliphatic imine (C=N–C) groups is 1. The van der Waals surface area contributed by atoms with Crippen LogP contribution in [0.4, 0.5) is 0 Å². The number of aromatic nitrogens is 1. The summed E-state index contributed by atoms with van der Waals surface area (Å²) in [7, 11) is 0. The van der Waals surface area contributed by atoms with Crippen molar-refractivity contribution in [1.29, 1.82) is 0 Å². The Morgan fingerprint density at radius 3 is 2.94 bits per heavy atom. The maximum Gasteiger partial charge on any atom is 0.188 e. The number of thiazole rings is 1. The molecule has 0 aromatic carbocycles. The fourth-order valence-corrected chi connectivity index (χ4v) is 2.11. The summed E-state index contributed by atoms with van der Waals surface area (Å²) in [4.78, 5) is 8.65. The van der Waals surface area contributed by atoms with Gasteiger partial charge in [0, 0.05) is 30.1 Å². The Balaban J connectivity index is 2.21. The minimum atomic E-state index is 0.338. The lowest BCUT2D eigenvalue weighted by Gasteiger charge is -2.07. The SMILES string of the molecule is Cc1csc(CCCN=C(N)NC(C)C)n1. The van der Waals surface area contributed by atoms with E-state index in [1.165, 1.54) is 5.01 Å². The molecule has 90 valence electrons. The Bertz CT molecular complexity index is 344. The minimum Gasteiger partial charge on any atom is -0.370 e. The molecule has 1 aromatic rings. The Kier molecular flexibility index (Phi) is 5.25. The van der Waals surface area contributed by atoms with Crippen molar-refractivity contribution in [1.82, 2.24) is 10.3 Å². The summed E-state index contributed by atoms with van der Waals surface area (Å²) >= 11 is 1.71. The molecule has 0 saturated heterocycles. The average molecular weight is 240 g/mol. The average Bonchev–Trinajstić information content (AvgIpc) is 2.58. The second-order valence-electron chi connectivity index (χ2n) is 4.05. The van der Waals surface area contributed by atoms with Crippen LogP contribution in [0.25, 0.3) is 0 Å². The molecule has 1 aromatic heterocycles. The number of guanidine groups is 1. The van der Waals surface area contributed by atoms with Crippen LogP contribution in [0.3, 0.4) is 0 Å². The molecule has 0 atom stereocenters. The fourth-order valence-electron chi connectivity index (χ4n) is 1.29. The van der Waals surface area contributed by atoms with Crippen LogP contribution < -0.4 is 11.1 Å². The molecule has 0 aliphatic carbocycles. The molecule has 1 heterocycles. The molecule has 0 aliphatic rings. The van der Waals surface area contributed by atoms with Crippen LogP contribution in [0.15, 0.2) is 10.4 Å². The first-order chi connectivity index (χ1) is 7.58. The molecule has 0 spiro atoms. The van der Waals surface area contributed by atoms with Crippen LogP contribution in [0, 0.1) is 6.92 Å². The van der Waals surface area contributed by atoms with E-state index in [1.54, 1.807) is 11.3 Å². The quantitative estimate of drug-likeness (QED) is 0.468. The van der Waals surface area contributed by atoms with Crippen molar-refractivity contribution in [3.63, 3.8) is 0 Å². The van der Waals surface area contributed by atoms with E-state index < -0.39 is 0 Å². The summed E-state index contributed by atoms with van der Waals surface area (Å²) in [5.74, 6) is 0.533. The normalized spacial score (nSPS) is 12.1. The Morgan fingerprint density at radius 1 is 1.62 bits per heavy atom. The van der Waals surface area contributed by atoms with Crippen LogP contribution in [0.1, 0.15) is 31.0 Å². The third kappa shape index (κ3) is 5.11. The Hall–Kier alpha value is -1.10. The zero-order valence-electron chi connectivity index (χ0n) is 10.2. The summed E-state index contributed by atoms with van der Waals surface area (Å²) in [5, 5.41) is 6.32. The highest BCUT2D eigenvalue weighted by Gasteiger charge is 1.98. The van der Waals surface area contributed by atoms with Crippen molar-refractivity contribution < 1.29 is 0 Å². The van der Waals surface area contributed by atoms with Gasteiger partial charge in [-0.1, -0.05) is 0 Å². The molecule has 0 fully saturated rings. The zero-order valence-corrected chi connectivity index (χ0v) is 11.0. The van der Waals surface area contributed by atoms with Gasteiger partial charge in [-0.3, -0.25) is 4.99 Å². The zero-order chi connectivity index (χ0) is 12.0. The molecule has 3 N–H and O–H groups in total. The van der Waals surface area contributed by atoms with E-state index in [9.17, 15) is 0 Å². The molecular weight excluding hydrogens is 220 g/mol. The second kappa shape index (κ2) is 6.48. The third-order valence-electron chi connectivity index (χ3n) is 1.93. The van der Waals surface area contributed by atoms with E-state index in [0.717, 1.165) is 25.1 Å². The van der Waals surface area contributed by atoms with Crippen molar-refractivity contribution in [2.75, 3.05) is 6.54 Å². The first-order valence-corrected chi connectivity index (χ1v) is 6.43. The molecule has 0 radical (unpaired) electrons. The summed E-state index contributed by atoms with van der Waals surface area (Å²) in [6, 6.07) is 0.338. The lowest BCUT2D eigenvalue weighted by atomic mass is 10.3. The van der Waals surface area contributed by atoms with Crippen molar-refractivity contribution in [2.45, 2.75) is 39.7 Å². The Labute approximate surface area is 101 Å². The molecular formula is C11H20N4S. The van der Waals surface area contributed by atoms with Gasteiger partial charge in [-0.2, -0.15) is 0 Å². The van der Waals surface area contributed by atoms with Crippen molar-refractivity contribution in [3.05, 3.63) is 16.1 Å². The summed E-state index contributed by atoms with van der Waals surface area (Å²) < 4.78 is 0. The predicted molar refractivity (Wildman–Crippen MR) is 69.9 cm³/mol. The molecule has 0 saturated carbocycles. The number of nitrogens with zero attached hydrogens (tertiary/aromatic N) is 2. The summed E-state index contributed by atoms with van der Waals surface area (Å²) in [5.41, 5.74) is 6.79. The molecule has 1 rings (SSSR count). The Morgan fingerprint density at radius 2 is 2.38 bits per heavy atom. The molecule has 5 heteroatoms. The van der Waals surface area contributed by atoms with Gasteiger partial charge in [-0.15, -0.1) is 11.3 Å². The standard InChI is InChI=1S/C11H20N4S/c1-8(2)14-11(12)13-6-4-5-10-15-9(3)7-16-10/h7-8H,4-6H2,1-3H3,(H3,12,13,14). The van der Waals surface area contributed by atoms with Gasteiger partial charge >= 0.3 is 0 Å². The van der Waals surface area contributed by atoms with Crippen LogP contribution in [-0.2, 0) is 6.42 Å². The van der Waals surface area contributed by atoms with Gasteiger partial charge in [-0.05, 0) is 27.2 Å². The molecule has 0 unspecified atom stereocenters. The molecule has 0 aliphatic heterocycles. The first kappa shape index (κ1) is 13.0. The highest BCUT2D eigenvalue weighted by Crippen LogP contribution is 2.10. The highest BCUT2D eigenvalue weighted by molar-refractivity contribution is 7.09. The minimum absolute atomic E-state index is 0.338. The summed E-state index contributed by atoms with van der Waals surface area (Å²) in [6.07, 6.45) is 1.98. The molecule has 16 heavy (non-hydrogen) atoms. The second-order valence-corrected chi connectivity index (χ2v) is 4.99. The van der Waals surface area contributed by atoms with Gasteiger partial charge in [0.2, 0.25) is 0 Å². The van der Waals surface area contributed by atoms with Crippen molar-refractivity contribution >= 4 is 17.3 Å². The van der Waals surface area contributed by atoms with Gasteiger partial charge < -0.3 is 11.1 Å². The number of aryl methyl sites for hydroxylation is 2. The smallest absolute Gasteiger partial charge is 0.188 e. The van der Waals surface area contributed by atoms with Crippen molar-refractivity contribution in [3.8, 4) is 0 Å². The van der Waals surface area contributed by atoms with Crippen LogP contribution in [0.2, 0.25) is 0 Å². The topological polar surface area (TPSA) is 63.3 Å². The number of hydrogen-bond donors (Lipinski definition) is 2. The predicted octanol–water partition coefficient (Wildman–Crippen LogP) is 1.70. The first-order valence-electron chi connectivity index (χ1n) is 5.55. The molecule has 4 nitrogen and oxygen atoms in total. The number of nitrogens with two attached hydrogens (primary N) is 1. The number of nitrogens with one attached hydrogen (secondary N) is 1.